The number of carbonyl (C=O) groups is 1. The van der Waals surface area contributed by atoms with Crippen LogP contribution in [0.15, 0.2) is 10.6 Å². The van der Waals surface area contributed by atoms with Gasteiger partial charge in [-0.15, -0.1) is 0 Å². The molecule has 0 aliphatic carbocycles. The maximum Gasteiger partial charge on any atom is 0.392 e. The Morgan fingerprint density at radius 3 is 2.85 bits per heavy atom. The molecule has 13 heavy (non-hydrogen) atoms. The molecule has 0 saturated heterocycles. The van der Waals surface area contributed by atoms with Crippen LogP contribution in [0.3, 0.4) is 0 Å². The summed E-state index contributed by atoms with van der Waals surface area (Å²) in [4.78, 5) is 16.0. The number of rotatable bonds is 4. The molecule has 0 radical (unpaired) electrons. The lowest BCUT2D eigenvalue weighted by molar-refractivity contribution is 0.0651. The fourth-order valence-electron chi connectivity index (χ4n) is 0.856. The Balaban J connectivity index is 2.54. The maximum atomic E-state index is 10.4. The number of likely N-dealkylation sites (N-methyl/N-ethyl adjacent to an activating group) is 1. The average molecular weight is 184 g/mol. The van der Waals surface area contributed by atoms with Crippen molar-refractivity contribution in [2.24, 2.45) is 0 Å². The Morgan fingerprint density at radius 1 is 1.69 bits per heavy atom. The lowest BCUT2D eigenvalue weighted by atomic mass is 10.3. The van der Waals surface area contributed by atoms with Gasteiger partial charge in [-0.05, 0) is 14.1 Å². The number of carboxylic acids is 1. The molecule has 1 rings (SSSR count). The highest BCUT2D eigenvalue weighted by molar-refractivity contribution is 5.81. The number of aromatic nitrogens is 1. The molecule has 1 aromatic heterocycles. The lowest BCUT2D eigenvalue weighted by Crippen LogP contribution is -2.14. The number of oxazole rings is 1. The highest BCUT2D eigenvalue weighted by atomic mass is 16.4. The van der Waals surface area contributed by atoms with Crippen molar-refractivity contribution >= 4 is 5.97 Å². The fraction of sp³-hybridized carbons (Fsp3) is 0.500. The van der Waals surface area contributed by atoms with E-state index in [4.69, 9.17) is 9.52 Å². The van der Waals surface area contributed by atoms with Gasteiger partial charge in [-0.1, -0.05) is 0 Å². The molecule has 1 aromatic rings. The standard InChI is InChI=1S/C8H12N2O3/c1-10(2)4-3-6-5-9-7(13-6)8(11)12/h5H,3-4H2,1-2H3,(H,11,12). The van der Waals surface area contributed by atoms with Crippen LogP contribution >= 0.6 is 0 Å². The van der Waals surface area contributed by atoms with Gasteiger partial charge in [0.15, 0.2) is 0 Å². The Morgan fingerprint density at radius 2 is 2.38 bits per heavy atom. The first kappa shape index (κ1) is 9.73. The summed E-state index contributed by atoms with van der Waals surface area (Å²) < 4.78 is 4.96. The first-order valence-corrected chi connectivity index (χ1v) is 3.92. The summed E-state index contributed by atoms with van der Waals surface area (Å²) >= 11 is 0. The molecule has 5 nitrogen and oxygen atoms in total. The summed E-state index contributed by atoms with van der Waals surface area (Å²) in [6, 6.07) is 0. The van der Waals surface area contributed by atoms with E-state index in [9.17, 15) is 4.79 Å². The largest absolute Gasteiger partial charge is 0.474 e. The zero-order valence-electron chi connectivity index (χ0n) is 7.65. The van der Waals surface area contributed by atoms with Gasteiger partial charge in [-0.3, -0.25) is 0 Å². The SMILES string of the molecule is CN(C)CCc1cnc(C(=O)O)o1. The van der Waals surface area contributed by atoms with Crippen LogP contribution in [0.2, 0.25) is 0 Å². The fourth-order valence-corrected chi connectivity index (χ4v) is 0.856. The van der Waals surface area contributed by atoms with E-state index >= 15 is 0 Å². The molecule has 0 saturated carbocycles. The number of hydrogen-bond acceptors (Lipinski definition) is 4. The molecular weight excluding hydrogens is 172 g/mol. The van der Waals surface area contributed by atoms with Crippen LogP contribution in [0.25, 0.3) is 0 Å². The number of nitrogens with zero attached hydrogens (tertiary/aromatic N) is 2. The lowest BCUT2D eigenvalue weighted by Gasteiger charge is -2.05. The van der Waals surface area contributed by atoms with E-state index in [0.29, 0.717) is 12.2 Å². The van der Waals surface area contributed by atoms with Gasteiger partial charge in [-0.25, -0.2) is 9.78 Å². The highest BCUT2D eigenvalue weighted by Crippen LogP contribution is 2.04. The zero-order valence-corrected chi connectivity index (χ0v) is 7.65. The van der Waals surface area contributed by atoms with E-state index in [1.165, 1.54) is 6.20 Å². The molecule has 0 unspecified atom stereocenters. The molecule has 0 atom stereocenters. The number of hydrogen-bond donors (Lipinski definition) is 1. The van der Waals surface area contributed by atoms with Crippen molar-refractivity contribution in [2.45, 2.75) is 6.42 Å². The third-order valence-corrected chi connectivity index (χ3v) is 1.54. The smallest absolute Gasteiger partial charge is 0.392 e. The van der Waals surface area contributed by atoms with E-state index in [1.807, 2.05) is 19.0 Å². The summed E-state index contributed by atoms with van der Waals surface area (Å²) in [5.74, 6) is -0.768. The van der Waals surface area contributed by atoms with E-state index in [0.717, 1.165) is 6.54 Å². The Kier molecular flexibility index (Phi) is 3.02. The van der Waals surface area contributed by atoms with Gasteiger partial charge in [0.05, 0.1) is 6.20 Å². The predicted molar refractivity (Wildman–Crippen MR) is 45.7 cm³/mol. The first-order valence-electron chi connectivity index (χ1n) is 3.92. The molecule has 0 fully saturated rings. The van der Waals surface area contributed by atoms with Gasteiger partial charge < -0.3 is 14.4 Å². The highest BCUT2D eigenvalue weighted by Gasteiger charge is 2.10. The normalized spacial score (nSPS) is 10.7. The second-order valence-electron chi connectivity index (χ2n) is 2.99. The molecule has 5 heteroatoms. The van der Waals surface area contributed by atoms with Crippen molar-refractivity contribution in [3.05, 3.63) is 17.8 Å². The van der Waals surface area contributed by atoms with Crippen molar-refractivity contribution in [2.75, 3.05) is 20.6 Å². The monoisotopic (exact) mass is 184 g/mol. The summed E-state index contributed by atoms with van der Waals surface area (Å²) in [7, 11) is 3.88. The van der Waals surface area contributed by atoms with E-state index in [-0.39, 0.29) is 5.89 Å². The van der Waals surface area contributed by atoms with Crippen LogP contribution in [0.5, 0.6) is 0 Å². The van der Waals surface area contributed by atoms with E-state index < -0.39 is 5.97 Å². The maximum absolute atomic E-state index is 10.4. The van der Waals surface area contributed by atoms with Gasteiger partial charge in [-0.2, -0.15) is 0 Å². The Bertz CT molecular complexity index is 293. The minimum atomic E-state index is -1.13. The van der Waals surface area contributed by atoms with Gasteiger partial charge in [0.2, 0.25) is 0 Å². The summed E-state index contributed by atoms with van der Waals surface area (Å²) in [5, 5.41) is 8.51. The molecule has 1 heterocycles. The topological polar surface area (TPSA) is 66.6 Å². The van der Waals surface area contributed by atoms with Gasteiger partial charge in [0.1, 0.15) is 5.76 Å². The molecule has 0 amide bonds. The molecule has 0 bridgehead atoms. The van der Waals surface area contributed by atoms with Crippen molar-refractivity contribution in [3.63, 3.8) is 0 Å². The molecule has 0 aromatic carbocycles. The first-order chi connectivity index (χ1) is 6.09. The van der Waals surface area contributed by atoms with E-state index in [1.54, 1.807) is 0 Å². The summed E-state index contributed by atoms with van der Waals surface area (Å²) in [6.07, 6.45) is 2.13. The van der Waals surface area contributed by atoms with Crippen LogP contribution in [0.1, 0.15) is 16.4 Å². The van der Waals surface area contributed by atoms with Crippen LogP contribution < -0.4 is 0 Å². The van der Waals surface area contributed by atoms with Crippen molar-refractivity contribution in [3.8, 4) is 0 Å². The van der Waals surface area contributed by atoms with Crippen LogP contribution in [0.4, 0.5) is 0 Å². The number of aromatic carboxylic acids is 1. The Labute approximate surface area is 76.0 Å². The zero-order chi connectivity index (χ0) is 9.84. The van der Waals surface area contributed by atoms with Crippen molar-refractivity contribution in [1.29, 1.82) is 0 Å². The average Bonchev–Trinajstić information content (AvgIpc) is 2.48. The summed E-state index contributed by atoms with van der Waals surface area (Å²) in [5.41, 5.74) is 0. The van der Waals surface area contributed by atoms with E-state index in [2.05, 4.69) is 4.98 Å². The Hall–Kier alpha value is -1.36. The van der Waals surface area contributed by atoms with Gasteiger partial charge in [0.25, 0.3) is 0 Å². The molecule has 0 spiro atoms. The molecule has 1 N–H and O–H groups in total. The predicted octanol–water partition coefficient (Wildman–Crippen LogP) is 0.477. The molecule has 0 aliphatic heterocycles. The molecular formula is C8H12N2O3. The number of carboxylic acid groups (broad SMARTS) is 1. The van der Waals surface area contributed by atoms with Crippen LogP contribution in [-0.4, -0.2) is 41.6 Å². The molecule has 0 aliphatic rings. The van der Waals surface area contributed by atoms with Crippen LogP contribution in [0, 0.1) is 0 Å². The van der Waals surface area contributed by atoms with Crippen LogP contribution in [-0.2, 0) is 6.42 Å². The van der Waals surface area contributed by atoms with Crippen molar-refractivity contribution in [1.82, 2.24) is 9.88 Å². The third kappa shape index (κ3) is 2.87. The van der Waals surface area contributed by atoms with Gasteiger partial charge >= 0.3 is 11.9 Å². The molecule has 72 valence electrons. The van der Waals surface area contributed by atoms with Crippen molar-refractivity contribution < 1.29 is 14.3 Å². The minimum absolute atomic E-state index is 0.242. The summed E-state index contributed by atoms with van der Waals surface area (Å²) in [6.45, 7) is 0.814. The minimum Gasteiger partial charge on any atom is -0.474 e. The third-order valence-electron chi connectivity index (χ3n) is 1.54. The second kappa shape index (κ2) is 4.04. The second-order valence-corrected chi connectivity index (χ2v) is 2.99. The quantitative estimate of drug-likeness (QED) is 0.737. The van der Waals surface area contributed by atoms with Gasteiger partial charge in [0, 0.05) is 13.0 Å².